The van der Waals surface area contributed by atoms with E-state index in [1.807, 2.05) is 4.90 Å². The number of likely N-dealkylation sites (tertiary alicyclic amines) is 1. The molecule has 1 saturated carbocycles. The Morgan fingerprint density at radius 1 is 1.29 bits per heavy atom. The minimum absolute atomic E-state index is 0.0252. The zero-order chi connectivity index (χ0) is 15.7. The molecule has 2 fully saturated rings. The van der Waals surface area contributed by atoms with Gasteiger partial charge in [-0.25, -0.2) is 0 Å². The van der Waals surface area contributed by atoms with Crippen molar-refractivity contribution in [2.45, 2.75) is 56.8 Å². The zero-order valence-electron chi connectivity index (χ0n) is 12.9. The van der Waals surface area contributed by atoms with Crippen LogP contribution in [0.3, 0.4) is 0 Å². The fraction of sp³-hybridized carbons (Fsp3) is 0.933. The van der Waals surface area contributed by atoms with Crippen molar-refractivity contribution >= 4 is 6.72 Å². The second kappa shape index (κ2) is 5.88. The quantitative estimate of drug-likeness (QED) is 0.728. The summed E-state index contributed by atoms with van der Waals surface area (Å²) in [6, 6.07) is 0.264. The first kappa shape index (κ1) is 16.7. The second-order valence-electron chi connectivity index (χ2n) is 6.84. The lowest BCUT2D eigenvalue weighted by molar-refractivity contribution is -0.316. The van der Waals surface area contributed by atoms with Crippen LogP contribution in [0.15, 0.2) is 4.99 Å². The SMILES string of the molecule is C=NCC[C@]1(C)CC[C@@H](N2CC(OC)(C(F)(F)F)C2)CC1. The lowest BCUT2D eigenvalue weighted by atomic mass is 9.71. The summed E-state index contributed by atoms with van der Waals surface area (Å²) in [4.78, 5) is 5.84. The van der Waals surface area contributed by atoms with Crippen molar-refractivity contribution in [2.75, 3.05) is 26.7 Å². The third kappa shape index (κ3) is 3.26. The molecule has 0 unspecified atom stereocenters. The zero-order valence-corrected chi connectivity index (χ0v) is 12.9. The average Bonchev–Trinajstić information content (AvgIpc) is 2.36. The molecule has 0 aromatic heterocycles. The Labute approximate surface area is 124 Å². The van der Waals surface area contributed by atoms with Gasteiger partial charge in [0.05, 0.1) is 0 Å². The van der Waals surface area contributed by atoms with Gasteiger partial charge in [0.1, 0.15) is 0 Å². The average molecular weight is 306 g/mol. The number of nitrogens with zero attached hydrogens (tertiary/aromatic N) is 2. The van der Waals surface area contributed by atoms with Gasteiger partial charge in [0.25, 0.3) is 0 Å². The second-order valence-corrected chi connectivity index (χ2v) is 6.84. The van der Waals surface area contributed by atoms with E-state index >= 15 is 0 Å². The van der Waals surface area contributed by atoms with Crippen molar-refractivity contribution < 1.29 is 17.9 Å². The van der Waals surface area contributed by atoms with Crippen molar-refractivity contribution in [3.63, 3.8) is 0 Å². The highest BCUT2D eigenvalue weighted by Crippen LogP contribution is 2.46. The summed E-state index contributed by atoms with van der Waals surface area (Å²) >= 11 is 0. The molecule has 1 heterocycles. The van der Waals surface area contributed by atoms with Crippen molar-refractivity contribution in [3.05, 3.63) is 0 Å². The Morgan fingerprint density at radius 3 is 2.29 bits per heavy atom. The van der Waals surface area contributed by atoms with E-state index in [0.717, 1.165) is 45.8 Å². The van der Waals surface area contributed by atoms with Gasteiger partial charge < -0.3 is 9.73 Å². The van der Waals surface area contributed by atoms with E-state index in [4.69, 9.17) is 4.74 Å². The van der Waals surface area contributed by atoms with Crippen LogP contribution in [-0.4, -0.2) is 56.2 Å². The molecule has 2 rings (SSSR count). The minimum Gasteiger partial charge on any atom is -0.366 e. The Balaban J connectivity index is 1.84. The van der Waals surface area contributed by atoms with Gasteiger partial charge >= 0.3 is 6.18 Å². The Kier molecular flexibility index (Phi) is 4.69. The van der Waals surface area contributed by atoms with Crippen LogP contribution in [0, 0.1) is 5.41 Å². The van der Waals surface area contributed by atoms with E-state index in [2.05, 4.69) is 18.6 Å². The number of hydrogen-bond acceptors (Lipinski definition) is 3. The molecule has 6 heteroatoms. The van der Waals surface area contributed by atoms with Crippen molar-refractivity contribution in [1.82, 2.24) is 4.90 Å². The molecule has 0 bridgehead atoms. The molecule has 2 aliphatic rings. The highest BCUT2D eigenvalue weighted by atomic mass is 19.4. The minimum atomic E-state index is -4.28. The summed E-state index contributed by atoms with van der Waals surface area (Å²) in [5, 5.41) is 0. The molecule has 0 N–H and O–H groups in total. The highest BCUT2D eigenvalue weighted by Gasteiger charge is 2.63. The van der Waals surface area contributed by atoms with Gasteiger partial charge in [0, 0.05) is 32.8 Å². The van der Waals surface area contributed by atoms with Gasteiger partial charge in [0.15, 0.2) is 5.60 Å². The summed E-state index contributed by atoms with van der Waals surface area (Å²) in [6.45, 7) is 6.48. The first-order chi connectivity index (χ1) is 9.75. The predicted octanol–water partition coefficient (Wildman–Crippen LogP) is 3.29. The van der Waals surface area contributed by atoms with Crippen LogP contribution < -0.4 is 0 Å². The molecule has 0 aromatic carbocycles. The van der Waals surface area contributed by atoms with Gasteiger partial charge in [-0.15, -0.1) is 0 Å². The van der Waals surface area contributed by atoms with E-state index in [1.54, 1.807) is 0 Å². The van der Waals surface area contributed by atoms with Crippen LogP contribution in [-0.2, 0) is 4.74 Å². The number of hydrogen-bond donors (Lipinski definition) is 0. The molecular weight excluding hydrogens is 281 g/mol. The Morgan fingerprint density at radius 2 is 1.86 bits per heavy atom. The first-order valence-corrected chi connectivity index (χ1v) is 7.54. The van der Waals surface area contributed by atoms with E-state index < -0.39 is 11.8 Å². The number of methoxy groups -OCH3 is 1. The maximum absolute atomic E-state index is 13.0. The van der Waals surface area contributed by atoms with Crippen LogP contribution >= 0.6 is 0 Å². The van der Waals surface area contributed by atoms with Crippen molar-refractivity contribution in [1.29, 1.82) is 0 Å². The van der Waals surface area contributed by atoms with E-state index in [1.165, 1.54) is 0 Å². The van der Waals surface area contributed by atoms with Crippen LogP contribution in [0.2, 0.25) is 0 Å². The topological polar surface area (TPSA) is 24.8 Å². The first-order valence-electron chi connectivity index (χ1n) is 7.54. The van der Waals surface area contributed by atoms with Crippen LogP contribution in [0.1, 0.15) is 39.0 Å². The molecule has 1 saturated heterocycles. The molecular formula is C15H25F3N2O. The smallest absolute Gasteiger partial charge is 0.366 e. The molecule has 0 amide bonds. The Hall–Kier alpha value is -0.620. The normalized spacial score (nSPS) is 33.5. The summed E-state index contributed by atoms with van der Waals surface area (Å²) in [5.41, 5.74) is -1.68. The molecule has 1 aliphatic carbocycles. The molecule has 21 heavy (non-hydrogen) atoms. The maximum Gasteiger partial charge on any atom is 0.419 e. The van der Waals surface area contributed by atoms with Gasteiger partial charge in [0.2, 0.25) is 0 Å². The summed E-state index contributed by atoms with van der Waals surface area (Å²) in [5.74, 6) is 0. The van der Waals surface area contributed by atoms with Gasteiger partial charge in [-0.1, -0.05) is 6.92 Å². The fourth-order valence-electron chi connectivity index (χ4n) is 3.56. The molecule has 1 aliphatic heterocycles. The van der Waals surface area contributed by atoms with E-state index in [0.29, 0.717) is 0 Å². The number of aliphatic imine (C=N–C) groups is 1. The molecule has 0 spiro atoms. The number of ether oxygens (including phenoxy) is 1. The lowest BCUT2D eigenvalue weighted by Gasteiger charge is -2.54. The standard InChI is InChI=1S/C15H25F3N2O/c1-13(8-9-19-2)6-4-12(5-7-13)20-10-14(11-20,21-3)15(16,17)18/h12H,2,4-11H2,1,3H3/t12-,13-. The third-order valence-corrected chi connectivity index (χ3v) is 5.38. The molecule has 122 valence electrons. The van der Waals surface area contributed by atoms with Crippen LogP contribution in [0.4, 0.5) is 13.2 Å². The maximum atomic E-state index is 13.0. The number of alkyl halides is 3. The Bertz CT molecular complexity index is 370. The number of halogens is 3. The molecule has 0 aromatic rings. The third-order valence-electron chi connectivity index (χ3n) is 5.38. The van der Waals surface area contributed by atoms with E-state index in [9.17, 15) is 13.2 Å². The highest BCUT2D eigenvalue weighted by molar-refractivity contribution is 5.23. The predicted molar refractivity (Wildman–Crippen MR) is 76.8 cm³/mol. The summed E-state index contributed by atoms with van der Waals surface area (Å²) in [6.07, 6.45) is 0.771. The van der Waals surface area contributed by atoms with Gasteiger partial charge in [-0.05, 0) is 44.2 Å². The number of rotatable bonds is 5. The lowest BCUT2D eigenvalue weighted by Crippen LogP contribution is -2.72. The molecule has 0 atom stereocenters. The summed E-state index contributed by atoms with van der Waals surface area (Å²) < 4.78 is 43.7. The fourth-order valence-corrected chi connectivity index (χ4v) is 3.56. The van der Waals surface area contributed by atoms with Crippen LogP contribution in [0.25, 0.3) is 0 Å². The largest absolute Gasteiger partial charge is 0.419 e. The monoisotopic (exact) mass is 306 g/mol. The molecule has 3 nitrogen and oxygen atoms in total. The van der Waals surface area contributed by atoms with E-state index in [-0.39, 0.29) is 24.5 Å². The van der Waals surface area contributed by atoms with Crippen LogP contribution in [0.5, 0.6) is 0 Å². The molecule has 0 radical (unpaired) electrons. The van der Waals surface area contributed by atoms with Crippen molar-refractivity contribution in [3.8, 4) is 0 Å². The van der Waals surface area contributed by atoms with Crippen molar-refractivity contribution in [2.24, 2.45) is 10.4 Å². The summed E-state index contributed by atoms with van der Waals surface area (Å²) in [7, 11) is 1.16. The van der Waals surface area contributed by atoms with Gasteiger partial charge in [-0.3, -0.25) is 4.90 Å². The van der Waals surface area contributed by atoms with Gasteiger partial charge in [-0.2, -0.15) is 13.2 Å².